The minimum atomic E-state index is -3.09. The number of carbonyl (C=O) groups excluding carboxylic acids is 1. The lowest BCUT2D eigenvalue weighted by Crippen LogP contribution is -2.63. The van der Waals surface area contributed by atoms with Gasteiger partial charge in [0.2, 0.25) is 6.36 Å². The van der Waals surface area contributed by atoms with Gasteiger partial charge in [-0.2, -0.15) is 5.10 Å². The van der Waals surface area contributed by atoms with Gasteiger partial charge in [-0.1, -0.05) is 13.8 Å². The fraction of sp³-hybridized carbons (Fsp3) is 0.429. The predicted octanol–water partition coefficient (Wildman–Crippen LogP) is 2.55. The van der Waals surface area contributed by atoms with Crippen molar-refractivity contribution in [3.63, 3.8) is 0 Å². The van der Waals surface area contributed by atoms with E-state index in [1.54, 1.807) is 29.9 Å². The van der Waals surface area contributed by atoms with Crippen LogP contribution in [0, 0.1) is 0 Å². The second kappa shape index (κ2) is 7.80. The molecule has 170 valence electrons. The van der Waals surface area contributed by atoms with Crippen molar-refractivity contribution in [2.75, 3.05) is 11.5 Å². The van der Waals surface area contributed by atoms with Gasteiger partial charge in [0.05, 0.1) is 46.4 Å². The number of hydrogen-bond acceptors (Lipinski definition) is 7. The predicted molar refractivity (Wildman–Crippen MR) is 116 cm³/mol. The average molecular weight is 462 g/mol. The number of aromatic nitrogens is 4. The molecule has 1 fully saturated rings. The van der Waals surface area contributed by atoms with Crippen LogP contribution in [-0.2, 0) is 9.84 Å². The standard InChI is InChI=1S/C21H24FN5O4S/c1-12(2)18-17-5-14(20(28)25-21(4)10-32(29,30)11-21)7-24-19(17)27(26-18)15-6-16(9-23-8-15)31-13(3)22/h5-9,12-13H,10-11H2,1-4H3,(H,25,28). The van der Waals surface area contributed by atoms with Gasteiger partial charge >= 0.3 is 0 Å². The SMILES string of the molecule is CC(F)Oc1cncc(-n2nc(C(C)C)c3cc(C(=O)NC4(C)CS(=O)(=O)C4)cnc32)c1. The second-order valence-electron chi connectivity index (χ2n) is 8.63. The van der Waals surface area contributed by atoms with E-state index in [1.165, 1.54) is 19.3 Å². The zero-order chi connectivity index (χ0) is 23.3. The number of rotatable bonds is 6. The lowest BCUT2D eigenvalue weighted by atomic mass is 10.0. The van der Waals surface area contributed by atoms with Crippen LogP contribution in [0.3, 0.4) is 0 Å². The van der Waals surface area contributed by atoms with Crippen LogP contribution in [0.15, 0.2) is 30.7 Å². The molecule has 1 N–H and O–H groups in total. The maximum Gasteiger partial charge on any atom is 0.253 e. The fourth-order valence-corrected chi connectivity index (χ4v) is 5.88. The minimum absolute atomic E-state index is 0.0337. The van der Waals surface area contributed by atoms with E-state index in [4.69, 9.17) is 4.74 Å². The summed E-state index contributed by atoms with van der Waals surface area (Å²) in [6.45, 7) is 6.93. The van der Waals surface area contributed by atoms with Gasteiger partial charge < -0.3 is 10.1 Å². The first-order chi connectivity index (χ1) is 15.0. The molecule has 0 aromatic carbocycles. The molecule has 3 aromatic heterocycles. The number of fused-ring (bicyclic) bond motifs is 1. The molecule has 1 aliphatic rings. The third kappa shape index (κ3) is 4.29. The maximum absolute atomic E-state index is 13.2. The number of hydrogen-bond donors (Lipinski definition) is 1. The number of pyridine rings is 2. The number of nitrogens with one attached hydrogen (secondary N) is 1. The Hall–Kier alpha value is -3.08. The van der Waals surface area contributed by atoms with Crippen molar-refractivity contribution in [3.8, 4) is 11.4 Å². The summed E-state index contributed by atoms with van der Waals surface area (Å²) < 4.78 is 43.0. The van der Waals surface area contributed by atoms with Gasteiger partial charge in [0.15, 0.2) is 15.5 Å². The minimum Gasteiger partial charge on any atom is -0.459 e. The lowest BCUT2D eigenvalue weighted by molar-refractivity contribution is 0.0855. The monoisotopic (exact) mass is 461 g/mol. The van der Waals surface area contributed by atoms with Crippen LogP contribution >= 0.6 is 0 Å². The Kier molecular flexibility index (Phi) is 5.40. The van der Waals surface area contributed by atoms with Crippen molar-refractivity contribution in [2.24, 2.45) is 0 Å². The Morgan fingerprint density at radius 3 is 2.56 bits per heavy atom. The molecule has 1 aliphatic heterocycles. The van der Waals surface area contributed by atoms with E-state index in [9.17, 15) is 17.6 Å². The molecule has 11 heteroatoms. The summed E-state index contributed by atoms with van der Waals surface area (Å²) in [6, 6.07) is 3.31. The van der Waals surface area contributed by atoms with E-state index in [1.807, 2.05) is 13.8 Å². The lowest BCUT2D eigenvalue weighted by Gasteiger charge is -2.38. The molecule has 4 rings (SSSR count). The Morgan fingerprint density at radius 1 is 1.22 bits per heavy atom. The molecule has 1 saturated heterocycles. The molecule has 1 atom stereocenters. The number of ether oxygens (including phenoxy) is 1. The second-order valence-corrected chi connectivity index (χ2v) is 10.7. The quantitative estimate of drug-likeness (QED) is 0.600. The highest BCUT2D eigenvalue weighted by atomic mass is 32.2. The Balaban J connectivity index is 1.71. The third-order valence-electron chi connectivity index (χ3n) is 5.09. The van der Waals surface area contributed by atoms with E-state index in [2.05, 4.69) is 20.4 Å². The maximum atomic E-state index is 13.2. The molecule has 0 radical (unpaired) electrons. The first-order valence-corrected chi connectivity index (χ1v) is 12.0. The molecular weight excluding hydrogens is 437 g/mol. The number of amides is 1. The summed E-state index contributed by atoms with van der Waals surface area (Å²) >= 11 is 0. The Morgan fingerprint density at radius 2 is 1.94 bits per heavy atom. The van der Waals surface area contributed by atoms with Crippen LogP contribution < -0.4 is 10.1 Å². The van der Waals surface area contributed by atoms with Crippen LogP contribution in [0.2, 0.25) is 0 Å². The molecule has 0 aliphatic carbocycles. The van der Waals surface area contributed by atoms with Gasteiger partial charge in [0.1, 0.15) is 5.75 Å². The first-order valence-electron chi connectivity index (χ1n) is 10.1. The average Bonchev–Trinajstić information content (AvgIpc) is 3.05. The highest BCUT2D eigenvalue weighted by Crippen LogP contribution is 2.28. The summed E-state index contributed by atoms with van der Waals surface area (Å²) in [5.74, 6) is -0.273. The third-order valence-corrected chi connectivity index (χ3v) is 7.25. The summed E-state index contributed by atoms with van der Waals surface area (Å²) in [5, 5.41) is 8.13. The molecule has 3 aromatic rings. The van der Waals surface area contributed by atoms with E-state index >= 15 is 0 Å². The van der Waals surface area contributed by atoms with Crippen molar-refractivity contribution in [3.05, 3.63) is 42.0 Å². The summed E-state index contributed by atoms with van der Waals surface area (Å²) in [5.41, 5.74) is 1.30. The van der Waals surface area contributed by atoms with Crippen molar-refractivity contribution in [1.29, 1.82) is 0 Å². The van der Waals surface area contributed by atoms with Crippen LogP contribution in [0.5, 0.6) is 5.75 Å². The molecule has 0 spiro atoms. The Bertz CT molecular complexity index is 1290. The number of halogens is 1. The molecule has 1 amide bonds. The fourth-order valence-electron chi connectivity index (χ4n) is 3.88. The molecule has 1 unspecified atom stereocenters. The first kappa shape index (κ1) is 22.1. The number of sulfone groups is 1. The molecule has 0 saturated carbocycles. The summed E-state index contributed by atoms with van der Waals surface area (Å²) in [4.78, 5) is 21.3. The van der Waals surface area contributed by atoms with E-state index < -0.39 is 27.6 Å². The van der Waals surface area contributed by atoms with Gasteiger partial charge in [-0.05, 0) is 18.9 Å². The van der Waals surface area contributed by atoms with Gasteiger partial charge in [-0.25, -0.2) is 22.5 Å². The van der Waals surface area contributed by atoms with E-state index in [0.717, 1.165) is 5.69 Å². The number of alkyl halides is 1. The zero-order valence-electron chi connectivity index (χ0n) is 18.2. The molecule has 32 heavy (non-hydrogen) atoms. The summed E-state index contributed by atoms with van der Waals surface area (Å²) in [7, 11) is -3.09. The van der Waals surface area contributed by atoms with Gasteiger partial charge in [-0.3, -0.25) is 9.78 Å². The topological polar surface area (TPSA) is 116 Å². The van der Waals surface area contributed by atoms with Crippen molar-refractivity contribution >= 4 is 26.8 Å². The normalized spacial score (nSPS) is 17.7. The zero-order valence-corrected chi connectivity index (χ0v) is 19.0. The van der Waals surface area contributed by atoms with Crippen molar-refractivity contribution in [2.45, 2.75) is 45.5 Å². The highest BCUT2D eigenvalue weighted by Gasteiger charge is 2.45. The largest absolute Gasteiger partial charge is 0.459 e. The molecule has 0 bridgehead atoms. The van der Waals surface area contributed by atoms with Crippen LogP contribution in [0.1, 0.15) is 49.7 Å². The number of nitrogens with zero attached hydrogens (tertiary/aromatic N) is 4. The molecule has 4 heterocycles. The molecule has 9 nitrogen and oxygen atoms in total. The van der Waals surface area contributed by atoms with Crippen molar-refractivity contribution < 1.29 is 22.3 Å². The van der Waals surface area contributed by atoms with E-state index in [-0.39, 0.29) is 23.2 Å². The van der Waals surface area contributed by atoms with Crippen LogP contribution in [0.4, 0.5) is 4.39 Å². The van der Waals surface area contributed by atoms with Crippen LogP contribution in [0.25, 0.3) is 16.7 Å². The van der Waals surface area contributed by atoms with Gasteiger partial charge in [0, 0.05) is 24.6 Å². The Labute approximate surface area is 184 Å². The summed E-state index contributed by atoms with van der Waals surface area (Å²) in [6.07, 6.45) is 2.91. The smallest absolute Gasteiger partial charge is 0.253 e. The van der Waals surface area contributed by atoms with Crippen LogP contribution in [-0.4, -0.2) is 57.5 Å². The number of carbonyl (C=O) groups is 1. The highest BCUT2D eigenvalue weighted by molar-refractivity contribution is 7.93. The van der Waals surface area contributed by atoms with Crippen molar-refractivity contribution in [1.82, 2.24) is 25.1 Å². The van der Waals surface area contributed by atoms with E-state index in [0.29, 0.717) is 22.3 Å². The molecular formula is C21H24FN5O4S. The van der Waals surface area contributed by atoms with Gasteiger partial charge in [0.25, 0.3) is 5.91 Å². The van der Waals surface area contributed by atoms with Gasteiger partial charge in [-0.15, -0.1) is 0 Å².